The fraction of sp³-hybridized carbons (Fsp3) is 0.385. The summed E-state index contributed by atoms with van der Waals surface area (Å²) < 4.78 is 56.4. The van der Waals surface area contributed by atoms with E-state index in [1.165, 1.54) is 16.4 Å². The summed E-state index contributed by atoms with van der Waals surface area (Å²) in [7, 11) is -0.375. The summed E-state index contributed by atoms with van der Waals surface area (Å²) in [4.78, 5) is 19.0. The van der Waals surface area contributed by atoms with Gasteiger partial charge in [0.1, 0.15) is 0 Å². The first kappa shape index (κ1) is 24.4. The summed E-state index contributed by atoms with van der Waals surface area (Å²) in [6, 6.07) is 12.3. The average Bonchev–Trinajstić information content (AvgIpc) is 3.46. The minimum Gasteiger partial charge on any atom is -0.320 e. The Hall–Kier alpha value is -3.27. The Bertz CT molecular complexity index is 1380. The molecule has 1 aliphatic carbocycles. The molecule has 2 heterocycles. The highest BCUT2D eigenvalue weighted by Crippen LogP contribution is 2.51. The van der Waals surface area contributed by atoms with Gasteiger partial charge in [-0.2, -0.15) is 0 Å². The Morgan fingerprint density at radius 3 is 2.39 bits per heavy atom. The van der Waals surface area contributed by atoms with Crippen LogP contribution in [-0.2, 0) is 27.3 Å². The number of carbonyl (C=O) groups is 1. The number of aromatic nitrogens is 2. The zero-order chi connectivity index (χ0) is 25.7. The van der Waals surface area contributed by atoms with E-state index in [9.17, 15) is 22.0 Å². The molecular formula is C26H28F2N4O3S. The van der Waals surface area contributed by atoms with E-state index in [1.807, 2.05) is 19.2 Å². The SMILES string of the molecule is CN(C(=O)C1CCC2(CC1)CN(S(=O)(=O)c1ccc(C(F)F)cc1)c1ccccc12)c1nccn1C. The molecule has 0 radical (unpaired) electrons. The van der Waals surface area contributed by atoms with Crippen molar-refractivity contribution in [1.29, 1.82) is 0 Å². The van der Waals surface area contributed by atoms with Crippen LogP contribution >= 0.6 is 0 Å². The van der Waals surface area contributed by atoms with Crippen molar-refractivity contribution < 1.29 is 22.0 Å². The van der Waals surface area contributed by atoms with Gasteiger partial charge in [-0.15, -0.1) is 0 Å². The molecule has 0 atom stereocenters. The van der Waals surface area contributed by atoms with Crippen molar-refractivity contribution in [2.24, 2.45) is 13.0 Å². The van der Waals surface area contributed by atoms with Gasteiger partial charge in [-0.25, -0.2) is 22.2 Å². The molecule has 1 spiro atoms. The number of rotatable bonds is 5. The Morgan fingerprint density at radius 2 is 1.78 bits per heavy atom. The minimum absolute atomic E-state index is 0.00836. The van der Waals surface area contributed by atoms with Crippen molar-refractivity contribution in [2.45, 2.75) is 42.4 Å². The molecule has 2 aliphatic rings. The standard InChI is InChI=1S/C26H28F2N4O3S/c1-30-16-15-29-25(30)31(2)24(33)19-11-13-26(14-12-19)17-32(22-6-4-3-5-21(22)26)36(34,35)20-9-7-18(8-10-20)23(27)28/h3-10,15-16,19,23H,11-14,17H2,1-2H3. The van der Waals surface area contributed by atoms with E-state index in [1.54, 1.807) is 41.0 Å². The maximum Gasteiger partial charge on any atom is 0.264 e. The maximum absolute atomic E-state index is 13.6. The van der Waals surface area contributed by atoms with Gasteiger partial charge in [0.15, 0.2) is 0 Å². The summed E-state index contributed by atoms with van der Waals surface area (Å²) in [5.41, 5.74) is 0.961. The van der Waals surface area contributed by atoms with Crippen molar-refractivity contribution in [3.8, 4) is 0 Å². The van der Waals surface area contributed by atoms with Crippen LogP contribution < -0.4 is 9.21 Å². The van der Waals surface area contributed by atoms with Gasteiger partial charge in [-0.05, 0) is 49.4 Å². The first-order valence-electron chi connectivity index (χ1n) is 11.9. The van der Waals surface area contributed by atoms with Gasteiger partial charge in [0, 0.05) is 49.9 Å². The van der Waals surface area contributed by atoms with Gasteiger partial charge in [-0.1, -0.05) is 30.3 Å². The summed E-state index contributed by atoms with van der Waals surface area (Å²) in [5, 5.41) is 0. The van der Waals surface area contributed by atoms with Gasteiger partial charge in [0.25, 0.3) is 16.4 Å². The smallest absolute Gasteiger partial charge is 0.264 e. The number of anilines is 2. The topological polar surface area (TPSA) is 75.5 Å². The van der Waals surface area contributed by atoms with Crippen molar-refractivity contribution in [1.82, 2.24) is 9.55 Å². The zero-order valence-electron chi connectivity index (χ0n) is 20.1. The van der Waals surface area contributed by atoms with Crippen LogP contribution in [-0.4, -0.2) is 37.5 Å². The highest BCUT2D eigenvalue weighted by Gasteiger charge is 2.49. The molecule has 1 fully saturated rings. The molecule has 190 valence electrons. The number of benzene rings is 2. The largest absolute Gasteiger partial charge is 0.320 e. The highest BCUT2D eigenvalue weighted by atomic mass is 32.2. The number of sulfonamides is 1. The second-order valence-corrected chi connectivity index (χ2v) is 11.6. The molecule has 5 rings (SSSR count). The molecule has 1 aromatic heterocycles. The number of amides is 1. The van der Waals surface area contributed by atoms with Gasteiger partial charge < -0.3 is 4.57 Å². The lowest BCUT2D eigenvalue weighted by Crippen LogP contribution is -2.43. The van der Waals surface area contributed by atoms with Crippen LogP contribution in [0.2, 0.25) is 0 Å². The monoisotopic (exact) mass is 514 g/mol. The molecule has 1 saturated carbocycles. The van der Waals surface area contributed by atoms with Gasteiger partial charge in [0.05, 0.1) is 10.6 Å². The highest BCUT2D eigenvalue weighted by molar-refractivity contribution is 7.92. The number of halogens is 2. The second kappa shape index (κ2) is 8.99. The molecular weight excluding hydrogens is 486 g/mol. The lowest BCUT2D eigenvalue weighted by Gasteiger charge is -2.38. The number of nitrogens with zero attached hydrogens (tertiary/aromatic N) is 4. The summed E-state index contributed by atoms with van der Waals surface area (Å²) >= 11 is 0. The number of imidazole rings is 1. The van der Waals surface area contributed by atoms with E-state index in [-0.39, 0.29) is 28.8 Å². The van der Waals surface area contributed by atoms with Crippen LogP contribution in [0.25, 0.3) is 0 Å². The number of hydrogen-bond acceptors (Lipinski definition) is 4. The van der Waals surface area contributed by atoms with Crippen LogP contribution in [0.4, 0.5) is 20.4 Å². The van der Waals surface area contributed by atoms with Crippen LogP contribution in [0.3, 0.4) is 0 Å². The maximum atomic E-state index is 13.6. The van der Waals surface area contributed by atoms with E-state index >= 15 is 0 Å². The zero-order valence-corrected chi connectivity index (χ0v) is 21.0. The molecule has 0 saturated heterocycles. The van der Waals surface area contributed by atoms with Gasteiger partial charge in [0.2, 0.25) is 11.9 Å². The molecule has 7 nitrogen and oxygen atoms in total. The van der Waals surface area contributed by atoms with E-state index < -0.39 is 21.9 Å². The third-order valence-electron chi connectivity index (χ3n) is 7.63. The van der Waals surface area contributed by atoms with E-state index in [4.69, 9.17) is 0 Å². The van der Waals surface area contributed by atoms with Crippen LogP contribution in [0.5, 0.6) is 0 Å². The van der Waals surface area contributed by atoms with Crippen LogP contribution in [0.1, 0.15) is 43.2 Å². The predicted molar refractivity (Wildman–Crippen MR) is 133 cm³/mol. The van der Waals surface area contributed by atoms with E-state index in [0.717, 1.165) is 17.7 Å². The number of carbonyl (C=O) groups excluding carboxylic acids is 1. The number of aryl methyl sites for hydroxylation is 1. The van der Waals surface area contributed by atoms with Gasteiger partial charge in [-0.3, -0.25) is 14.0 Å². The summed E-state index contributed by atoms with van der Waals surface area (Å²) in [6.07, 6.45) is 3.40. The van der Waals surface area contributed by atoms with Crippen molar-refractivity contribution in [3.05, 3.63) is 72.1 Å². The third kappa shape index (κ3) is 3.97. The first-order valence-corrected chi connectivity index (χ1v) is 13.3. The van der Waals surface area contributed by atoms with Crippen LogP contribution in [0.15, 0.2) is 65.8 Å². The molecule has 2 aromatic carbocycles. The number of hydrogen-bond donors (Lipinski definition) is 0. The van der Waals surface area contributed by atoms with Crippen LogP contribution in [0, 0.1) is 5.92 Å². The minimum atomic E-state index is -3.95. The molecule has 0 N–H and O–H groups in total. The average molecular weight is 515 g/mol. The molecule has 10 heteroatoms. The molecule has 1 amide bonds. The normalized spacial score (nSPS) is 21.7. The lowest BCUT2D eigenvalue weighted by molar-refractivity contribution is -0.123. The third-order valence-corrected chi connectivity index (χ3v) is 9.40. The molecule has 1 aliphatic heterocycles. The van der Waals surface area contributed by atoms with Gasteiger partial charge >= 0.3 is 0 Å². The number of fused-ring (bicyclic) bond motifs is 2. The number of alkyl halides is 2. The quantitative estimate of drug-likeness (QED) is 0.497. The summed E-state index contributed by atoms with van der Waals surface area (Å²) in [6.45, 7) is 0.265. The summed E-state index contributed by atoms with van der Waals surface area (Å²) in [5.74, 6) is 0.424. The van der Waals surface area contributed by atoms with Crippen molar-refractivity contribution in [2.75, 3.05) is 22.8 Å². The predicted octanol–water partition coefficient (Wildman–Crippen LogP) is 4.66. The van der Waals surface area contributed by atoms with E-state index in [2.05, 4.69) is 4.98 Å². The Kier molecular flexibility index (Phi) is 6.10. The van der Waals surface area contributed by atoms with Crippen molar-refractivity contribution >= 4 is 27.6 Å². The van der Waals surface area contributed by atoms with E-state index in [0.29, 0.717) is 37.3 Å². The Morgan fingerprint density at radius 1 is 1.11 bits per heavy atom. The van der Waals surface area contributed by atoms with Crippen molar-refractivity contribution in [3.63, 3.8) is 0 Å². The fourth-order valence-electron chi connectivity index (χ4n) is 5.61. The lowest BCUT2D eigenvalue weighted by atomic mass is 9.67. The molecule has 0 bridgehead atoms. The molecule has 36 heavy (non-hydrogen) atoms. The first-order chi connectivity index (χ1) is 17.1. The Labute approximate surface area is 209 Å². The molecule has 3 aromatic rings. The molecule has 0 unspecified atom stereocenters. The second-order valence-electron chi connectivity index (χ2n) is 9.69. The Balaban J connectivity index is 1.39. The number of para-hydroxylation sites is 1. The fourth-order valence-corrected chi connectivity index (χ4v) is 7.18.